The lowest BCUT2D eigenvalue weighted by molar-refractivity contribution is -0.385. The molecule has 0 fully saturated rings. The van der Waals surface area contributed by atoms with Crippen LogP contribution < -0.4 is 11.1 Å². The summed E-state index contributed by atoms with van der Waals surface area (Å²) < 4.78 is 48.8. The number of carbonyl (C=O) groups is 1. The molecule has 0 heterocycles. The highest BCUT2D eigenvalue weighted by Crippen LogP contribution is 2.29. The number of nitro groups is 1. The molecule has 116 valence electrons. The van der Waals surface area contributed by atoms with Crippen LogP contribution in [0.2, 0.25) is 0 Å². The number of anilines is 1. The quantitative estimate of drug-likeness (QED) is 0.284. The molecule has 0 atom stereocenters. The highest BCUT2D eigenvalue weighted by molar-refractivity contribution is 8.00. The zero-order valence-corrected chi connectivity index (χ0v) is 11.1. The molecule has 1 aromatic rings. The molecule has 11 heteroatoms. The first kappa shape index (κ1) is 17.0. The third-order valence-electron chi connectivity index (χ3n) is 2.21. The molecular weight excluding hydrogens is 318 g/mol. The lowest BCUT2D eigenvalue weighted by Crippen LogP contribution is -2.27. The molecule has 0 aliphatic carbocycles. The summed E-state index contributed by atoms with van der Waals surface area (Å²) in [6.45, 7) is -0.364. The van der Waals surface area contributed by atoms with Crippen molar-refractivity contribution < 1.29 is 27.3 Å². The average molecular weight is 327 g/mol. The van der Waals surface area contributed by atoms with E-state index in [1.807, 2.05) is 0 Å². The summed E-state index contributed by atoms with van der Waals surface area (Å²) >= 11 is -0.346. The Balaban J connectivity index is 2.78. The van der Waals surface area contributed by atoms with Crippen LogP contribution in [0.15, 0.2) is 12.1 Å². The topological polar surface area (TPSA) is 98.3 Å². The van der Waals surface area contributed by atoms with Crippen LogP contribution in [-0.2, 0) is 0 Å². The number of thioether (sulfide) groups is 1. The Labute approximate surface area is 119 Å². The number of nitro benzene ring substituents is 1. The number of carbonyl (C=O) groups excluding carboxylic acids is 1. The van der Waals surface area contributed by atoms with Crippen molar-refractivity contribution in [2.75, 3.05) is 18.0 Å². The van der Waals surface area contributed by atoms with Crippen LogP contribution in [0.3, 0.4) is 0 Å². The van der Waals surface area contributed by atoms with Crippen molar-refractivity contribution in [1.82, 2.24) is 5.32 Å². The zero-order chi connectivity index (χ0) is 16.2. The van der Waals surface area contributed by atoms with Crippen molar-refractivity contribution in [1.29, 1.82) is 0 Å². The van der Waals surface area contributed by atoms with E-state index in [0.717, 1.165) is 6.07 Å². The van der Waals surface area contributed by atoms with E-state index < -0.39 is 44.8 Å². The predicted molar refractivity (Wildman–Crippen MR) is 68.3 cm³/mol. The number of nitrogen functional groups attached to an aromatic ring is 1. The summed E-state index contributed by atoms with van der Waals surface area (Å²) in [6, 6.07) is 1.24. The molecule has 1 rings (SSSR count). The molecule has 3 N–H and O–H groups in total. The molecule has 0 unspecified atom stereocenters. The monoisotopic (exact) mass is 327 g/mol. The van der Waals surface area contributed by atoms with Gasteiger partial charge in [0.15, 0.2) is 5.82 Å². The van der Waals surface area contributed by atoms with Crippen molar-refractivity contribution in [3.8, 4) is 0 Å². The lowest BCUT2D eigenvalue weighted by atomic mass is 10.1. The third kappa shape index (κ3) is 5.10. The molecule has 6 nitrogen and oxygen atoms in total. The Morgan fingerprint density at radius 2 is 2.05 bits per heavy atom. The summed E-state index contributed by atoms with van der Waals surface area (Å²) in [5, 5.41) is 12.8. The van der Waals surface area contributed by atoms with Gasteiger partial charge in [-0.05, 0) is 17.8 Å². The van der Waals surface area contributed by atoms with Gasteiger partial charge in [0, 0.05) is 12.3 Å². The standard InChI is InChI=1S/C10H9F4N3O3S/c11-6-4-8(17(19)20)5(3-7(6)15)9(18)16-1-2-21-10(12,13)14/h3-4H,1-2,15H2,(H,16,18). The van der Waals surface area contributed by atoms with Crippen molar-refractivity contribution in [3.63, 3.8) is 0 Å². The van der Waals surface area contributed by atoms with Crippen molar-refractivity contribution in [2.45, 2.75) is 5.51 Å². The molecule has 0 bridgehead atoms. The number of nitrogens with one attached hydrogen (secondary N) is 1. The average Bonchev–Trinajstić information content (AvgIpc) is 2.35. The van der Waals surface area contributed by atoms with Crippen LogP contribution >= 0.6 is 11.8 Å². The van der Waals surface area contributed by atoms with Crippen LogP contribution in [-0.4, -0.2) is 28.6 Å². The minimum Gasteiger partial charge on any atom is -0.396 e. The largest absolute Gasteiger partial charge is 0.441 e. The molecule has 0 spiro atoms. The molecule has 0 radical (unpaired) electrons. The number of hydrogen-bond donors (Lipinski definition) is 2. The zero-order valence-electron chi connectivity index (χ0n) is 10.2. The van der Waals surface area contributed by atoms with Gasteiger partial charge in [-0.1, -0.05) is 0 Å². The number of rotatable bonds is 5. The third-order valence-corrected chi connectivity index (χ3v) is 2.95. The van der Waals surface area contributed by atoms with Crippen LogP contribution in [0, 0.1) is 15.9 Å². The second-order valence-electron chi connectivity index (χ2n) is 3.70. The van der Waals surface area contributed by atoms with E-state index in [0.29, 0.717) is 6.07 Å². The van der Waals surface area contributed by atoms with Crippen LogP contribution in [0.5, 0.6) is 0 Å². The summed E-state index contributed by atoms with van der Waals surface area (Å²) in [5.74, 6) is -2.53. The van der Waals surface area contributed by atoms with Gasteiger partial charge in [0.2, 0.25) is 0 Å². The number of halogens is 4. The van der Waals surface area contributed by atoms with E-state index >= 15 is 0 Å². The number of benzene rings is 1. The molecule has 1 aromatic carbocycles. The van der Waals surface area contributed by atoms with Crippen LogP contribution in [0.4, 0.5) is 28.9 Å². The Morgan fingerprint density at radius 1 is 1.43 bits per heavy atom. The van der Waals surface area contributed by atoms with Gasteiger partial charge in [-0.2, -0.15) is 13.2 Å². The van der Waals surface area contributed by atoms with Crippen molar-refractivity contribution >= 4 is 29.0 Å². The summed E-state index contributed by atoms with van der Waals surface area (Å²) in [7, 11) is 0. The number of nitrogens with two attached hydrogens (primary N) is 1. The maximum absolute atomic E-state index is 13.1. The van der Waals surface area contributed by atoms with Gasteiger partial charge < -0.3 is 11.1 Å². The van der Waals surface area contributed by atoms with Crippen LogP contribution in [0.25, 0.3) is 0 Å². The van der Waals surface area contributed by atoms with Gasteiger partial charge in [-0.15, -0.1) is 0 Å². The Morgan fingerprint density at radius 3 is 2.57 bits per heavy atom. The SMILES string of the molecule is Nc1cc(C(=O)NCCSC(F)(F)F)c([N+](=O)[O-])cc1F. The normalized spacial score (nSPS) is 11.2. The second kappa shape index (κ2) is 6.61. The maximum Gasteiger partial charge on any atom is 0.441 e. The summed E-state index contributed by atoms with van der Waals surface area (Å²) in [6.07, 6.45) is 0. The molecule has 21 heavy (non-hydrogen) atoms. The lowest BCUT2D eigenvalue weighted by Gasteiger charge is -2.08. The highest BCUT2D eigenvalue weighted by atomic mass is 32.2. The van der Waals surface area contributed by atoms with Gasteiger partial charge in [0.25, 0.3) is 11.6 Å². The minimum atomic E-state index is -4.43. The summed E-state index contributed by atoms with van der Waals surface area (Å²) in [4.78, 5) is 21.4. The highest BCUT2D eigenvalue weighted by Gasteiger charge is 2.28. The second-order valence-corrected chi connectivity index (χ2v) is 4.86. The minimum absolute atomic E-state index is 0.346. The fraction of sp³-hybridized carbons (Fsp3) is 0.300. The fourth-order valence-electron chi connectivity index (χ4n) is 1.34. The van der Waals surface area contributed by atoms with Gasteiger partial charge in [-0.25, -0.2) is 4.39 Å². The van der Waals surface area contributed by atoms with E-state index in [1.54, 1.807) is 0 Å². The number of hydrogen-bond acceptors (Lipinski definition) is 5. The Hall–Kier alpha value is -2.04. The van der Waals surface area contributed by atoms with Gasteiger partial charge in [0.05, 0.1) is 16.7 Å². The Bertz CT molecular complexity index is 565. The van der Waals surface area contributed by atoms with Gasteiger partial charge in [-0.3, -0.25) is 14.9 Å². The molecule has 0 aliphatic rings. The first-order chi connectivity index (χ1) is 9.61. The van der Waals surface area contributed by atoms with E-state index in [4.69, 9.17) is 5.73 Å². The first-order valence-corrected chi connectivity index (χ1v) is 6.32. The fourth-order valence-corrected chi connectivity index (χ4v) is 1.77. The molecule has 1 amide bonds. The predicted octanol–water partition coefficient (Wildman–Crippen LogP) is 2.30. The Kier molecular flexibility index (Phi) is 5.35. The van der Waals surface area contributed by atoms with Gasteiger partial charge in [0.1, 0.15) is 5.56 Å². The smallest absolute Gasteiger partial charge is 0.396 e. The van der Waals surface area contributed by atoms with E-state index in [9.17, 15) is 32.5 Å². The first-order valence-electron chi connectivity index (χ1n) is 5.34. The van der Waals surface area contributed by atoms with Crippen molar-refractivity contribution in [2.24, 2.45) is 0 Å². The number of amides is 1. The van der Waals surface area contributed by atoms with E-state index in [2.05, 4.69) is 5.32 Å². The number of nitrogens with zero attached hydrogens (tertiary/aromatic N) is 1. The molecule has 0 saturated heterocycles. The van der Waals surface area contributed by atoms with Crippen LogP contribution in [0.1, 0.15) is 10.4 Å². The van der Waals surface area contributed by atoms with Gasteiger partial charge >= 0.3 is 5.51 Å². The van der Waals surface area contributed by atoms with E-state index in [-0.39, 0.29) is 18.3 Å². The summed E-state index contributed by atoms with van der Waals surface area (Å²) in [5.41, 5.74) is -1.04. The number of alkyl halides is 3. The maximum atomic E-state index is 13.1. The van der Waals surface area contributed by atoms with E-state index in [1.165, 1.54) is 0 Å². The molecular formula is C10H9F4N3O3S. The molecule has 0 aliphatic heterocycles. The molecule has 0 saturated carbocycles. The van der Waals surface area contributed by atoms with Crippen molar-refractivity contribution in [3.05, 3.63) is 33.6 Å². The molecule has 0 aromatic heterocycles.